The lowest BCUT2D eigenvalue weighted by Gasteiger charge is -2.11. The molecule has 0 aliphatic heterocycles. The summed E-state index contributed by atoms with van der Waals surface area (Å²) in [6, 6.07) is 16.4. The van der Waals surface area contributed by atoms with Gasteiger partial charge in [-0.15, -0.1) is 0 Å². The third kappa shape index (κ3) is 3.73. The normalized spacial score (nSPS) is 12.2. The van der Waals surface area contributed by atoms with E-state index in [2.05, 4.69) is 10.5 Å². The van der Waals surface area contributed by atoms with Crippen LogP contribution < -0.4 is 5.32 Å². The van der Waals surface area contributed by atoms with E-state index in [1.54, 1.807) is 13.0 Å². The van der Waals surface area contributed by atoms with E-state index in [1.165, 1.54) is 0 Å². The molecule has 4 rings (SSSR count). The number of ether oxygens (including phenoxy) is 1. The molecular formula is C21H18N2O5. The molecule has 1 N–H and O–H groups in total. The van der Waals surface area contributed by atoms with E-state index >= 15 is 0 Å². The van der Waals surface area contributed by atoms with Crippen molar-refractivity contribution in [2.24, 2.45) is 0 Å². The van der Waals surface area contributed by atoms with Crippen LogP contribution in [-0.4, -0.2) is 23.6 Å². The average Bonchev–Trinajstić information content (AvgIpc) is 3.31. The first-order valence-electron chi connectivity index (χ1n) is 8.87. The molecule has 0 saturated carbocycles. The largest absolute Gasteiger partial charge is 0.459 e. The van der Waals surface area contributed by atoms with Gasteiger partial charge in [0, 0.05) is 10.8 Å². The molecule has 2 aromatic heterocycles. The highest BCUT2D eigenvalue weighted by atomic mass is 16.5. The van der Waals surface area contributed by atoms with Crippen LogP contribution in [0.4, 0.5) is 0 Å². The number of hydrogen-bond acceptors (Lipinski definition) is 6. The van der Waals surface area contributed by atoms with Crippen molar-refractivity contribution in [1.82, 2.24) is 10.5 Å². The van der Waals surface area contributed by atoms with Crippen LogP contribution in [-0.2, 0) is 20.7 Å². The summed E-state index contributed by atoms with van der Waals surface area (Å²) < 4.78 is 15.9. The third-order valence-corrected chi connectivity index (χ3v) is 4.38. The third-order valence-electron chi connectivity index (χ3n) is 4.38. The van der Waals surface area contributed by atoms with Crippen molar-refractivity contribution >= 4 is 33.8 Å². The summed E-state index contributed by atoms with van der Waals surface area (Å²) in [4.78, 5) is 24.1. The minimum absolute atomic E-state index is 0.0661. The standard InChI is InChI=1S/C21H18N2O5/c1-13(19-10-14-6-2-4-8-17(14)27-19)22-20(24)12-26-21(25)11-16-15-7-3-5-9-18(15)28-23-16/h2-10,13H,11-12H2,1H3,(H,22,24)/t13-/m1/s1. The van der Waals surface area contributed by atoms with Gasteiger partial charge in [0.25, 0.3) is 5.91 Å². The van der Waals surface area contributed by atoms with Crippen molar-refractivity contribution in [3.8, 4) is 0 Å². The number of fused-ring (bicyclic) bond motifs is 2. The zero-order chi connectivity index (χ0) is 19.5. The van der Waals surface area contributed by atoms with E-state index < -0.39 is 11.9 Å². The molecule has 0 fully saturated rings. The van der Waals surface area contributed by atoms with Gasteiger partial charge in [0.15, 0.2) is 12.2 Å². The van der Waals surface area contributed by atoms with Crippen molar-refractivity contribution in [3.63, 3.8) is 0 Å². The van der Waals surface area contributed by atoms with Gasteiger partial charge < -0.3 is 19.0 Å². The van der Waals surface area contributed by atoms with Crippen LogP contribution in [0.2, 0.25) is 0 Å². The van der Waals surface area contributed by atoms with E-state index in [1.807, 2.05) is 48.5 Å². The quantitative estimate of drug-likeness (QED) is 0.516. The zero-order valence-electron chi connectivity index (χ0n) is 15.2. The van der Waals surface area contributed by atoms with Crippen LogP contribution in [0.3, 0.4) is 0 Å². The second kappa shape index (κ2) is 7.56. The number of nitrogens with one attached hydrogen (secondary N) is 1. The molecule has 2 heterocycles. The fourth-order valence-electron chi connectivity index (χ4n) is 2.97. The molecule has 0 spiro atoms. The van der Waals surface area contributed by atoms with Gasteiger partial charge in [-0.2, -0.15) is 0 Å². The fraction of sp³-hybridized carbons (Fsp3) is 0.190. The predicted molar refractivity (Wildman–Crippen MR) is 101 cm³/mol. The molecule has 0 unspecified atom stereocenters. The van der Waals surface area contributed by atoms with Crippen LogP contribution in [0.25, 0.3) is 21.9 Å². The minimum Gasteiger partial charge on any atom is -0.459 e. The summed E-state index contributed by atoms with van der Waals surface area (Å²) >= 11 is 0. The molecule has 7 nitrogen and oxygen atoms in total. The highest BCUT2D eigenvalue weighted by Crippen LogP contribution is 2.23. The zero-order valence-corrected chi connectivity index (χ0v) is 15.2. The Morgan fingerprint density at radius 3 is 2.68 bits per heavy atom. The molecule has 1 atom stereocenters. The second-order valence-electron chi connectivity index (χ2n) is 6.44. The number of para-hydroxylation sites is 2. The number of esters is 1. The predicted octanol–water partition coefficient (Wildman–Crippen LogP) is 3.54. The van der Waals surface area contributed by atoms with Crippen molar-refractivity contribution in [1.29, 1.82) is 0 Å². The summed E-state index contributed by atoms with van der Waals surface area (Å²) in [7, 11) is 0. The van der Waals surface area contributed by atoms with Gasteiger partial charge in [0.05, 0.1) is 12.5 Å². The van der Waals surface area contributed by atoms with E-state index in [0.717, 1.165) is 16.4 Å². The Morgan fingerprint density at radius 2 is 1.86 bits per heavy atom. The summed E-state index contributed by atoms with van der Waals surface area (Å²) in [6.45, 7) is 1.43. The molecule has 0 aliphatic carbocycles. The van der Waals surface area contributed by atoms with Crippen molar-refractivity contribution in [2.75, 3.05) is 6.61 Å². The number of furan rings is 1. The average molecular weight is 378 g/mol. The molecule has 0 radical (unpaired) electrons. The summed E-state index contributed by atoms with van der Waals surface area (Å²) in [6.07, 6.45) is -0.0661. The maximum absolute atomic E-state index is 12.1. The van der Waals surface area contributed by atoms with Crippen LogP contribution in [0.1, 0.15) is 24.4 Å². The van der Waals surface area contributed by atoms with Crippen LogP contribution in [0, 0.1) is 0 Å². The van der Waals surface area contributed by atoms with E-state index in [9.17, 15) is 9.59 Å². The molecule has 1 amide bonds. The Labute approximate surface area is 160 Å². The molecule has 0 bridgehead atoms. The number of benzene rings is 2. The van der Waals surface area contributed by atoms with Crippen LogP contribution in [0.15, 0.2) is 63.5 Å². The fourth-order valence-corrected chi connectivity index (χ4v) is 2.97. The maximum Gasteiger partial charge on any atom is 0.312 e. The van der Waals surface area contributed by atoms with Gasteiger partial charge in [0.2, 0.25) is 0 Å². The lowest BCUT2D eigenvalue weighted by molar-refractivity contribution is -0.148. The number of rotatable bonds is 6. The Bertz CT molecular complexity index is 1110. The Kier molecular flexibility index (Phi) is 4.80. The second-order valence-corrected chi connectivity index (χ2v) is 6.44. The number of hydrogen-bond donors (Lipinski definition) is 1. The minimum atomic E-state index is -0.550. The first-order valence-corrected chi connectivity index (χ1v) is 8.87. The van der Waals surface area contributed by atoms with Crippen LogP contribution >= 0.6 is 0 Å². The highest BCUT2D eigenvalue weighted by molar-refractivity contribution is 5.86. The van der Waals surface area contributed by atoms with Crippen molar-refractivity contribution < 1.29 is 23.3 Å². The SMILES string of the molecule is C[C@@H](NC(=O)COC(=O)Cc1noc2ccccc12)c1cc2ccccc2o1. The lowest BCUT2D eigenvalue weighted by Crippen LogP contribution is -2.31. The molecule has 7 heteroatoms. The van der Waals surface area contributed by atoms with Gasteiger partial charge in [-0.1, -0.05) is 35.5 Å². The Morgan fingerprint density at radius 1 is 1.11 bits per heavy atom. The van der Waals surface area contributed by atoms with Gasteiger partial charge in [-0.3, -0.25) is 9.59 Å². The Hall–Kier alpha value is -3.61. The number of carbonyl (C=O) groups excluding carboxylic acids is 2. The van der Waals surface area contributed by atoms with Gasteiger partial charge >= 0.3 is 5.97 Å². The van der Waals surface area contributed by atoms with Crippen molar-refractivity contribution in [2.45, 2.75) is 19.4 Å². The summed E-state index contributed by atoms with van der Waals surface area (Å²) in [5, 5.41) is 8.35. The van der Waals surface area contributed by atoms with Gasteiger partial charge in [-0.25, -0.2) is 0 Å². The summed E-state index contributed by atoms with van der Waals surface area (Å²) in [5.74, 6) is -0.327. The summed E-state index contributed by atoms with van der Waals surface area (Å²) in [5.41, 5.74) is 1.84. The first kappa shape index (κ1) is 17.8. The molecule has 4 aromatic rings. The van der Waals surface area contributed by atoms with Gasteiger partial charge in [-0.05, 0) is 31.2 Å². The van der Waals surface area contributed by atoms with E-state index in [0.29, 0.717) is 17.0 Å². The molecule has 142 valence electrons. The molecule has 0 saturated heterocycles. The molecule has 2 aromatic carbocycles. The maximum atomic E-state index is 12.1. The lowest BCUT2D eigenvalue weighted by atomic mass is 10.2. The van der Waals surface area contributed by atoms with E-state index in [4.69, 9.17) is 13.7 Å². The highest BCUT2D eigenvalue weighted by Gasteiger charge is 2.17. The smallest absolute Gasteiger partial charge is 0.312 e. The van der Waals surface area contributed by atoms with Crippen LogP contribution in [0.5, 0.6) is 0 Å². The van der Waals surface area contributed by atoms with Gasteiger partial charge in [0.1, 0.15) is 17.0 Å². The van der Waals surface area contributed by atoms with Crippen molar-refractivity contribution in [3.05, 3.63) is 66.1 Å². The topological polar surface area (TPSA) is 94.6 Å². The monoisotopic (exact) mass is 378 g/mol. The number of aromatic nitrogens is 1. The number of nitrogens with zero attached hydrogens (tertiary/aromatic N) is 1. The van der Waals surface area contributed by atoms with E-state index in [-0.39, 0.29) is 19.1 Å². The number of carbonyl (C=O) groups is 2. The molecule has 0 aliphatic rings. The first-order chi connectivity index (χ1) is 13.6. The molecular weight excluding hydrogens is 360 g/mol. The molecule has 28 heavy (non-hydrogen) atoms. The Balaban J connectivity index is 1.30. The number of amides is 1.